The van der Waals surface area contributed by atoms with Crippen LogP contribution < -0.4 is 10.9 Å². The van der Waals surface area contributed by atoms with Gasteiger partial charge in [-0.15, -0.1) is 11.3 Å². The Labute approximate surface area is 232 Å². The first-order chi connectivity index (χ1) is 18.4. The Morgan fingerprint density at radius 2 is 1.74 bits per heavy atom. The van der Waals surface area contributed by atoms with E-state index in [1.807, 2.05) is 60.7 Å². The van der Waals surface area contributed by atoms with Gasteiger partial charge in [-0.05, 0) is 79.2 Å². The average Bonchev–Trinajstić information content (AvgIpc) is 3.33. The zero-order valence-electron chi connectivity index (χ0n) is 20.0. The predicted octanol–water partition coefficient (Wildman–Crippen LogP) is 8.81. The summed E-state index contributed by atoms with van der Waals surface area (Å²) in [6.07, 6.45) is 0. The summed E-state index contributed by atoms with van der Waals surface area (Å²) in [5.41, 5.74) is 5.23. The fraction of sp³-hybridized carbons (Fsp3) is 0.0333. The van der Waals surface area contributed by atoms with Crippen molar-refractivity contribution in [2.24, 2.45) is 4.99 Å². The third-order valence-corrected chi connectivity index (χ3v) is 7.50. The Hall–Kier alpha value is -3.97. The summed E-state index contributed by atoms with van der Waals surface area (Å²) >= 11 is 14.3. The van der Waals surface area contributed by atoms with Gasteiger partial charge in [0.05, 0.1) is 20.9 Å². The standard InChI is InChI=1S/C30H19Cl2N3O2S/c1-17-7-12-25-26(13-17)38-30(35-25)18-8-10-22(11-9-18)34-29-23(28(36)33-21-5-3-2-4-6-21)15-19-14-20(31)16-24(32)27(19)37-29/h2-16H,1H3,(H,33,36). The van der Waals surface area contributed by atoms with Crippen molar-refractivity contribution in [2.45, 2.75) is 6.92 Å². The Morgan fingerprint density at radius 3 is 2.53 bits per heavy atom. The van der Waals surface area contributed by atoms with Gasteiger partial charge in [0, 0.05) is 21.7 Å². The second kappa shape index (κ2) is 10.1. The summed E-state index contributed by atoms with van der Waals surface area (Å²) in [7, 11) is 0. The predicted molar refractivity (Wildman–Crippen MR) is 156 cm³/mol. The number of carbonyl (C=O) groups is 1. The van der Waals surface area contributed by atoms with Crippen LogP contribution in [-0.2, 0) is 0 Å². The van der Waals surface area contributed by atoms with Gasteiger partial charge in [-0.25, -0.2) is 9.98 Å². The van der Waals surface area contributed by atoms with Crippen molar-refractivity contribution in [2.75, 3.05) is 5.32 Å². The minimum absolute atomic E-state index is 0.137. The Kier molecular flexibility index (Phi) is 6.45. The molecule has 0 spiro atoms. The lowest BCUT2D eigenvalue weighted by Crippen LogP contribution is -2.21. The third kappa shape index (κ3) is 4.94. The molecule has 0 saturated carbocycles. The van der Waals surface area contributed by atoms with Crippen LogP contribution in [0, 0.1) is 6.92 Å². The van der Waals surface area contributed by atoms with E-state index in [1.165, 1.54) is 5.56 Å². The van der Waals surface area contributed by atoms with Crippen molar-refractivity contribution in [1.82, 2.24) is 4.98 Å². The number of hydrogen-bond acceptors (Lipinski definition) is 5. The zero-order chi connectivity index (χ0) is 26.2. The molecule has 1 N–H and O–H groups in total. The lowest BCUT2D eigenvalue weighted by molar-refractivity contribution is 0.102. The van der Waals surface area contributed by atoms with E-state index in [0.29, 0.717) is 32.4 Å². The average molecular weight is 556 g/mol. The monoisotopic (exact) mass is 555 g/mol. The highest BCUT2D eigenvalue weighted by Crippen LogP contribution is 2.32. The molecule has 0 aliphatic carbocycles. The van der Waals surface area contributed by atoms with Gasteiger partial charge < -0.3 is 9.73 Å². The quantitative estimate of drug-likeness (QED) is 0.236. The molecule has 0 saturated heterocycles. The van der Waals surface area contributed by atoms with Crippen LogP contribution in [-0.4, -0.2) is 10.9 Å². The molecule has 6 aromatic rings. The van der Waals surface area contributed by atoms with E-state index < -0.39 is 0 Å². The van der Waals surface area contributed by atoms with Gasteiger partial charge in [-0.2, -0.15) is 0 Å². The number of amides is 1. The van der Waals surface area contributed by atoms with Crippen molar-refractivity contribution in [1.29, 1.82) is 0 Å². The molecule has 6 rings (SSSR count). The highest BCUT2D eigenvalue weighted by atomic mass is 35.5. The van der Waals surface area contributed by atoms with E-state index in [9.17, 15) is 4.79 Å². The van der Waals surface area contributed by atoms with Crippen LogP contribution in [0.3, 0.4) is 0 Å². The minimum atomic E-state index is -0.363. The lowest BCUT2D eigenvalue weighted by Gasteiger charge is -2.08. The number of carbonyl (C=O) groups excluding carboxylic acids is 1. The molecule has 2 aromatic heterocycles. The van der Waals surface area contributed by atoms with Crippen LogP contribution in [0.1, 0.15) is 15.9 Å². The highest BCUT2D eigenvalue weighted by Gasteiger charge is 2.15. The van der Waals surface area contributed by atoms with Crippen molar-refractivity contribution in [3.8, 4) is 10.6 Å². The number of nitrogens with one attached hydrogen (secondary N) is 1. The fourth-order valence-electron chi connectivity index (χ4n) is 4.08. The molecule has 5 nitrogen and oxygen atoms in total. The number of aromatic nitrogens is 1. The van der Waals surface area contributed by atoms with Crippen LogP contribution in [0.25, 0.3) is 31.8 Å². The van der Waals surface area contributed by atoms with Crippen molar-refractivity contribution < 1.29 is 9.21 Å². The maximum absolute atomic E-state index is 13.3. The molecular weight excluding hydrogens is 537 g/mol. The number of fused-ring (bicyclic) bond motifs is 2. The first kappa shape index (κ1) is 24.4. The number of aryl methyl sites for hydroxylation is 1. The summed E-state index contributed by atoms with van der Waals surface area (Å²) in [5.74, 6) is -0.363. The number of rotatable bonds is 4. The summed E-state index contributed by atoms with van der Waals surface area (Å²) in [6.45, 7) is 2.07. The van der Waals surface area contributed by atoms with Crippen molar-refractivity contribution in [3.05, 3.63) is 118 Å². The van der Waals surface area contributed by atoms with Crippen molar-refractivity contribution >= 4 is 73.0 Å². The van der Waals surface area contributed by atoms with Crippen LogP contribution in [0.5, 0.6) is 0 Å². The second-order valence-corrected chi connectivity index (χ2v) is 10.6. The van der Waals surface area contributed by atoms with E-state index in [4.69, 9.17) is 32.6 Å². The zero-order valence-corrected chi connectivity index (χ0v) is 22.4. The number of thiazole rings is 1. The minimum Gasteiger partial charge on any atom is -0.436 e. The molecule has 0 fully saturated rings. The topological polar surface area (TPSA) is 67.5 Å². The smallest absolute Gasteiger partial charge is 0.261 e. The Bertz CT molecular complexity index is 1900. The molecule has 0 radical (unpaired) electrons. The molecule has 4 aromatic carbocycles. The molecular formula is C30H19Cl2N3O2S. The lowest BCUT2D eigenvalue weighted by atomic mass is 10.1. The Morgan fingerprint density at radius 1 is 0.947 bits per heavy atom. The van der Waals surface area contributed by atoms with E-state index in [2.05, 4.69) is 29.4 Å². The van der Waals surface area contributed by atoms with Gasteiger partial charge in [0.15, 0.2) is 5.58 Å². The van der Waals surface area contributed by atoms with E-state index in [-0.39, 0.29) is 17.0 Å². The first-order valence-electron chi connectivity index (χ1n) is 11.7. The number of nitrogens with zero attached hydrogens (tertiary/aromatic N) is 2. The van der Waals surface area contributed by atoms with Crippen LogP contribution in [0.2, 0.25) is 10.0 Å². The largest absolute Gasteiger partial charge is 0.436 e. The molecule has 38 heavy (non-hydrogen) atoms. The van der Waals surface area contributed by atoms with Gasteiger partial charge in [0.2, 0.25) is 5.55 Å². The summed E-state index contributed by atoms with van der Waals surface area (Å²) in [6, 6.07) is 28.1. The molecule has 0 unspecified atom stereocenters. The van der Waals surface area contributed by atoms with Gasteiger partial charge in [0.1, 0.15) is 10.6 Å². The molecule has 0 bridgehead atoms. The number of hydrogen-bond donors (Lipinski definition) is 1. The normalized spacial score (nSPS) is 11.8. The van der Waals surface area contributed by atoms with Gasteiger partial charge in [-0.3, -0.25) is 4.79 Å². The van der Waals surface area contributed by atoms with E-state index in [1.54, 1.807) is 29.5 Å². The van der Waals surface area contributed by atoms with E-state index >= 15 is 0 Å². The third-order valence-electron chi connectivity index (χ3n) is 5.93. The van der Waals surface area contributed by atoms with Gasteiger partial charge in [0.25, 0.3) is 5.91 Å². The van der Waals surface area contributed by atoms with Crippen LogP contribution in [0.4, 0.5) is 11.4 Å². The summed E-state index contributed by atoms with van der Waals surface area (Å²) in [5, 5.41) is 5.20. The second-order valence-electron chi connectivity index (χ2n) is 8.74. The number of anilines is 1. The summed E-state index contributed by atoms with van der Waals surface area (Å²) < 4.78 is 7.23. The maximum atomic E-state index is 13.3. The van der Waals surface area contributed by atoms with Crippen molar-refractivity contribution in [3.63, 3.8) is 0 Å². The van der Waals surface area contributed by atoms with Crippen LogP contribution >= 0.6 is 34.5 Å². The highest BCUT2D eigenvalue weighted by molar-refractivity contribution is 7.21. The molecule has 0 aliphatic rings. The number of benzene rings is 4. The Balaban J connectivity index is 1.42. The molecule has 0 atom stereocenters. The molecule has 0 aliphatic heterocycles. The summed E-state index contributed by atoms with van der Waals surface area (Å²) in [4.78, 5) is 22.7. The molecule has 186 valence electrons. The van der Waals surface area contributed by atoms with E-state index in [0.717, 1.165) is 20.8 Å². The number of para-hydroxylation sites is 1. The van der Waals surface area contributed by atoms with Gasteiger partial charge in [-0.1, -0.05) is 47.5 Å². The van der Waals surface area contributed by atoms with Crippen LogP contribution in [0.15, 0.2) is 100 Å². The molecule has 8 heteroatoms. The fourth-order valence-corrected chi connectivity index (χ4v) is 5.70. The molecule has 2 heterocycles. The number of halogens is 2. The maximum Gasteiger partial charge on any atom is 0.261 e. The first-order valence-corrected chi connectivity index (χ1v) is 13.3. The van der Waals surface area contributed by atoms with Gasteiger partial charge >= 0.3 is 0 Å². The molecule has 1 amide bonds. The SMILES string of the molecule is Cc1ccc2nc(-c3ccc(N=c4oc5c(Cl)cc(Cl)cc5cc4C(=O)Nc4ccccc4)cc3)sc2c1.